The highest BCUT2D eigenvalue weighted by atomic mass is 16.1. The van der Waals surface area contributed by atoms with Gasteiger partial charge >= 0.3 is 0 Å². The van der Waals surface area contributed by atoms with E-state index in [1.165, 1.54) is 0 Å². The first kappa shape index (κ1) is 17.1. The molecule has 0 aromatic rings. The van der Waals surface area contributed by atoms with Gasteiger partial charge in [0.15, 0.2) is 0 Å². The van der Waals surface area contributed by atoms with Crippen LogP contribution in [0.25, 0.3) is 0 Å². The first-order valence-corrected chi connectivity index (χ1v) is 7.25. The number of carbonyl (C=O) groups excluding carboxylic acids is 2. The smallest absolute Gasteiger partial charge is 0.220 e. The van der Waals surface area contributed by atoms with Gasteiger partial charge in [-0.2, -0.15) is 0 Å². The molecule has 0 spiro atoms. The van der Waals surface area contributed by atoms with Crippen molar-refractivity contribution in [2.24, 2.45) is 5.92 Å². The van der Waals surface area contributed by atoms with E-state index in [1.54, 1.807) is 0 Å². The van der Waals surface area contributed by atoms with Gasteiger partial charge in [0.05, 0.1) is 0 Å². The summed E-state index contributed by atoms with van der Waals surface area (Å²) < 4.78 is 0. The monoisotopic (exact) mass is 257 g/mol. The molecule has 0 rings (SSSR count). The molecule has 0 atom stereocenters. The molecule has 18 heavy (non-hydrogen) atoms. The number of amides is 1. The van der Waals surface area contributed by atoms with E-state index in [4.69, 9.17) is 0 Å². The van der Waals surface area contributed by atoms with Gasteiger partial charge < -0.3 is 5.32 Å². The molecule has 0 saturated carbocycles. The highest BCUT2D eigenvalue weighted by Crippen LogP contribution is 2.09. The Bertz CT molecular complexity index is 253. The van der Waals surface area contributed by atoms with Crippen molar-refractivity contribution in [3.05, 3.63) is 0 Å². The van der Waals surface area contributed by atoms with Crippen molar-refractivity contribution < 1.29 is 11.0 Å². The summed E-state index contributed by atoms with van der Waals surface area (Å²) >= 11 is 0. The van der Waals surface area contributed by atoms with Crippen LogP contribution < -0.4 is 5.32 Å². The number of ketones is 1. The Morgan fingerprint density at radius 3 is 1.89 bits per heavy atom. The van der Waals surface area contributed by atoms with E-state index in [-0.39, 0.29) is 19.3 Å². The third-order valence-corrected chi connectivity index (χ3v) is 2.92. The lowest BCUT2D eigenvalue weighted by Crippen LogP contribution is -2.29. The molecule has 0 aliphatic carbocycles. The van der Waals surface area contributed by atoms with Gasteiger partial charge in [-0.3, -0.25) is 9.59 Å². The number of hydrogen-bond donors (Lipinski definition) is 1. The van der Waals surface area contributed by atoms with Gasteiger partial charge in [-0.05, 0) is 26.7 Å². The summed E-state index contributed by atoms with van der Waals surface area (Å²) in [7, 11) is 0. The normalized spacial score (nSPS) is 11.0. The molecule has 0 radical (unpaired) electrons. The summed E-state index contributed by atoms with van der Waals surface area (Å²) in [6, 6.07) is 0.236. The van der Waals surface area contributed by atoms with E-state index < -0.39 is 0 Å². The molecule has 3 heteroatoms. The molecule has 0 saturated heterocycles. The Kier molecular flexibility index (Phi) is 9.62. The molecule has 0 aromatic heterocycles. The molecule has 3 nitrogen and oxygen atoms in total. The second-order valence-corrected chi connectivity index (χ2v) is 5.61. The second kappa shape index (κ2) is 10.1. The molecule has 0 aromatic carbocycles. The number of rotatable bonds is 10. The fourth-order valence-corrected chi connectivity index (χ4v) is 1.80. The van der Waals surface area contributed by atoms with Crippen LogP contribution in [0.1, 0.15) is 74.1 Å². The van der Waals surface area contributed by atoms with Crippen molar-refractivity contribution in [2.75, 3.05) is 0 Å². The molecule has 1 amide bonds. The van der Waals surface area contributed by atoms with Gasteiger partial charge in [0.2, 0.25) is 5.91 Å². The van der Waals surface area contributed by atoms with Crippen molar-refractivity contribution >= 4 is 11.7 Å². The lowest BCUT2D eigenvalue weighted by molar-refractivity contribution is -0.122. The van der Waals surface area contributed by atoms with Gasteiger partial charge in [-0.15, -0.1) is 0 Å². The minimum absolute atomic E-state index is 0. The Labute approximate surface area is 113 Å². The summed E-state index contributed by atoms with van der Waals surface area (Å²) in [6.07, 6.45) is 6.60. The van der Waals surface area contributed by atoms with Crippen LogP contribution in [0.4, 0.5) is 0 Å². The standard InChI is InChI=1S/C15H29NO2.H2/c1-12(2)14(17)10-8-6-5-7-9-11-15(18)16-13(3)4;/h12-13H,5-11H2,1-4H3,(H,16,18);1H. The van der Waals surface area contributed by atoms with Crippen LogP contribution in [0.15, 0.2) is 0 Å². The van der Waals surface area contributed by atoms with Crippen molar-refractivity contribution in [1.82, 2.24) is 5.32 Å². The summed E-state index contributed by atoms with van der Waals surface area (Å²) in [6.45, 7) is 7.86. The zero-order valence-electron chi connectivity index (χ0n) is 12.4. The molecular formula is C15H31NO2. The van der Waals surface area contributed by atoms with Gasteiger partial charge in [-0.25, -0.2) is 0 Å². The molecule has 0 aliphatic rings. The number of nitrogens with one attached hydrogen (secondary N) is 1. The van der Waals surface area contributed by atoms with E-state index in [0.717, 1.165) is 32.1 Å². The van der Waals surface area contributed by atoms with Gasteiger partial charge in [0.25, 0.3) is 0 Å². The van der Waals surface area contributed by atoms with Crippen molar-refractivity contribution in [3.63, 3.8) is 0 Å². The first-order valence-electron chi connectivity index (χ1n) is 7.25. The molecule has 1 N–H and O–H groups in total. The lowest BCUT2D eigenvalue weighted by atomic mass is 10.0. The highest BCUT2D eigenvalue weighted by Gasteiger charge is 2.06. The largest absolute Gasteiger partial charge is 0.354 e. The highest BCUT2D eigenvalue weighted by molar-refractivity contribution is 5.80. The maximum atomic E-state index is 11.4. The van der Waals surface area contributed by atoms with Crippen LogP contribution in [0.3, 0.4) is 0 Å². The molecule has 108 valence electrons. The number of Topliss-reactive ketones (excluding diaryl/α,β-unsaturated/α-hetero) is 1. The van der Waals surface area contributed by atoms with Crippen LogP contribution in [0, 0.1) is 5.92 Å². The molecular weight excluding hydrogens is 226 g/mol. The van der Waals surface area contributed by atoms with Gasteiger partial charge in [-0.1, -0.05) is 33.1 Å². The zero-order chi connectivity index (χ0) is 14.0. The Hall–Kier alpha value is -0.860. The van der Waals surface area contributed by atoms with E-state index in [2.05, 4.69) is 5.32 Å². The van der Waals surface area contributed by atoms with Crippen molar-refractivity contribution in [1.29, 1.82) is 0 Å². The Morgan fingerprint density at radius 2 is 1.39 bits per heavy atom. The topological polar surface area (TPSA) is 46.2 Å². The third kappa shape index (κ3) is 10.3. The first-order chi connectivity index (χ1) is 8.43. The molecule has 0 fully saturated rings. The van der Waals surface area contributed by atoms with Gasteiger partial charge in [0, 0.05) is 26.2 Å². The predicted molar refractivity (Wildman–Crippen MR) is 77.6 cm³/mol. The Balaban J connectivity index is 0. The summed E-state index contributed by atoms with van der Waals surface area (Å²) in [5, 5.41) is 2.89. The number of carbonyl (C=O) groups is 2. The maximum absolute atomic E-state index is 11.4. The number of hydrogen-bond acceptors (Lipinski definition) is 2. The summed E-state index contributed by atoms with van der Waals surface area (Å²) in [5.41, 5.74) is 0. The van der Waals surface area contributed by atoms with Crippen LogP contribution >= 0.6 is 0 Å². The van der Waals surface area contributed by atoms with Crippen LogP contribution in [0.5, 0.6) is 0 Å². The number of unbranched alkanes of at least 4 members (excludes halogenated alkanes) is 4. The molecule has 0 heterocycles. The zero-order valence-corrected chi connectivity index (χ0v) is 12.4. The van der Waals surface area contributed by atoms with Crippen LogP contribution in [0.2, 0.25) is 0 Å². The van der Waals surface area contributed by atoms with E-state index in [9.17, 15) is 9.59 Å². The quantitative estimate of drug-likeness (QED) is 0.606. The third-order valence-electron chi connectivity index (χ3n) is 2.92. The Morgan fingerprint density at radius 1 is 0.889 bits per heavy atom. The van der Waals surface area contributed by atoms with Gasteiger partial charge in [0.1, 0.15) is 5.78 Å². The average molecular weight is 257 g/mol. The van der Waals surface area contributed by atoms with E-state index in [0.29, 0.717) is 18.6 Å². The van der Waals surface area contributed by atoms with Crippen molar-refractivity contribution in [2.45, 2.75) is 78.7 Å². The predicted octanol–water partition coefficient (Wildman–Crippen LogP) is 3.71. The SMILES string of the molecule is CC(C)NC(=O)CCCCCCCC(=O)C(C)C.[HH]. The lowest BCUT2D eigenvalue weighted by Gasteiger charge is -2.08. The maximum Gasteiger partial charge on any atom is 0.220 e. The fraction of sp³-hybridized carbons (Fsp3) is 0.867. The molecule has 0 aliphatic heterocycles. The van der Waals surface area contributed by atoms with E-state index in [1.807, 2.05) is 27.7 Å². The minimum Gasteiger partial charge on any atom is -0.354 e. The summed E-state index contributed by atoms with van der Waals surface area (Å²) in [4.78, 5) is 22.7. The fourth-order valence-electron chi connectivity index (χ4n) is 1.80. The molecule has 0 bridgehead atoms. The van der Waals surface area contributed by atoms with Crippen LogP contribution in [-0.2, 0) is 9.59 Å². The average Bonchev–Trinajstić information content (AvgIpc) is 2.26. The molecule has 0 unspecified atom stereocenters. The second-order valence-electron chi connectivity index (χ2n) is 5.61. The van der Waals surface area contributed by atoms with Crippen LogP contribution in [-0.4, -0.2) is 17.7 Å². The minimum atomic E-state index is 0. The van der Waals surface area contributed by atoms with E-state index >= 15 is 0 Å². The van der Waals surface area contributed by atoms with Crippen molar-refractivity contribution in [3.8, 4) is 0 Å². The summed E-state index contributed by atoms with van der Waals surface area (Å²) in [5.74, 6) is 0.691.